The maximum Gasteiger partial charge on any atom is 0.0928 e. The molecular weight excluding hydrogens is 438 g/mol. The fourth-order valence-electron chi connectivity index (χ4n) is 4.54. The summed E-state index contributed by atoms with van der Waals surface area (Å²) in [5.41, 5.74) is 7.98. The highest BCUT2D eigenvalue weighted by atomic mass is 14.8. The van der Waals surface area contributed by atoms with Crippen molar-refractivity contribution in [3.63, 3.8) is 0 Å². The Balaban J connectivity index is 1.87. The summed E-state index contributed by atoms with van der Waals surface area (Å²) >= 11 is 0. The van der Waals surface area contributed by atoms with Gasteiger partial charge in [-0.1, -0.05) is 102 Å². The number of benzene rings is 3. The van der Waals surface area contributed by atoms with Crippen LogP contribution in [0.25, 0.3) is 10.8 Å². The van der Waals surface area contributed by atoms with Gasteiger partial charge in [0.1, 0.15) is 0 Å². The van der Waals surface area contributed by atoms with Crippen molar-refractivity contribution in [3.05, 3.63) is 101 Å². The summed E-state index contributed by atoms with van der Waals surface area (Å²) in [5, 5.41) is 2.23. The van der Waals surface area contributed by atoms with Gasteiger partial charge in [0.05, 0.1) is 34.2 Å². The Morgan fingerprint density at radius 1 is 0.611 bits per heavy atom. The minimum Gasteiger partial charge on any atom is -0.251 e. The number of nitrogens with zero attached hydrogens (tertiary/aromatic N) is 3. The summed E-state index contributed by atoms with van der Waals surface area (Å²) < 4.78 is 0. The van der Waals surface area contributed by atoms with Crippen LogP contribution in [0.3, 0.4) is 0 Å². The van der Waals surface area contributed by atoms with Crippen LogP contribution < -0.4 is 0 Å². The van der Waals surface area contributed by atoms with Gasteiger partial charge in [-0.3, -0.25) is 9.98 Å². The molecule has 0 N–H and O–H groups in total. The first-order valence-corrected chi connectivity index (χ1v) is 12.7. The molecule has 0 fully saturated rings. The molecule has 4 aromatic rings. The third kappa shape index (κ3) is 5.46. The van der Waals surface area contributed by atoms with E-state index in [0.29, 0.717) is 0 Å². The highest BCUT2D eigenvalue weighted by molar-refractivity contribution is 6.11. The molecule has 0 atom stereocenters. The predicted molar refractivity (Wildman–Crippen MR) is 156 cm³/mol. The van der Waals surface area contributed by atoms with Crippen LogP contribution in [0.15, 0.2) is 88.8 Å². The van der Waals surface area contributed by atoms with E-state index < -0.39 is 0 Å². The lowest BCUT2D eigenvalue weighted by molar-refractivity contribution is 0.591. The molecule has 0 radical (unpaired) electrons. The van der Waals surface area contributed by atoms with E-state index in [1.807, 2.05) is 19.1 Å². The number of fused-ring (bicyclic) bond motifs is 1. The van der Waals surface area contributed by atoms with E-state index in [0.717, 1.165) is 45.0 Å². The fourth-order valence-corrected chi connectivity index (χ4v) is 4.54. The summed E-state index contributed by atoms with van der Waals surface area (Å²) in [5.74, 6) is 0. The van der Waals surface area contributed by atoms with E-state index in [-0.39, 0.29) is 10.8 Å². The van der Waals surface area contributed by atoms with Crippen molar-refractivity contribution in [2.24, 2.45) is 9.98 Å². The van der Waals surface area contributed by atoms with Crippen molar-refractivity contribution in [3.8, 4) is 0 Å². The first kappa shape index (κ1) is 25.5. The number of hydrogen-bond acceptors (Lipinski definition) is 3. The van der Waals surface area contributed by atoms with Crippen LogP contribution in [-0.4, -0.2) is 16.4 Å². The zero-order chi connectivity index (χ0) is 26.1. The summed E-state index contributed by atoms with van der Waals surface area (Å²) in [6.07, 6.45) is 0. The molecule has 3 heteroatoms. The van der Waals surface area contributed by atoms with Crippen LogP contribution in [-0.2, 0) is 10.8 Å². The SMILES string of the molecule is C/C(=N\c1ccccc1C(C)(C)C)c1cc2ccccc2c(/C(C)=N/c2ccccc2C(C)(C)C)n1. The second-order valence-corrected chi connectivity index (χ2v) is 11.5. The quantitative estimate of drug-likeness (QED) is 0.271. The van der Waals surface area contributed by atoms with E-state index in [1.165, 1.54) is 11.1 Å². The normalized spacial score (nSPS) is 13.3. The fraction of sp³-hybridized carbons (Fsp3) is 0.303. The number of aromatic nitrogens is 1. The minimum absolute atomic E-state index is 0.00140. The van der Waals surface area contributed by atoms with Crippen LogP contribution >= 0.6 is 0 Å². The molecule has 184 valence electrons. The van der Waals surface area contributed by atoms with E-state index in [4.69, 9.17) is 15.0 Å². The van der Waals surface area contributed by atoms with Crippen molar-refractivity contribution in [1.29, 1.82) is 0 Å². The Hall–Kier alpha value is -3.59. The summed E-state index contributed by atoms with van der Waals surface area (Å²) in [7, 11) is 0. The Bertz CT molecular complexity index is 1460. The number of para-hydroxylation sites is 2. The van der Waals surface area contributed by atoms with Crippen molar-refractivity contribution >= 4 is 33.6 Å². The molecule has 0 aliphatic carbocycles. The first-order chi connectivity index (χ1) is 16.9. The van der Waals surface area contributed by atoms with Crippen LogP contribution in [0, 0.1) is 0 Å². The van der Waals surface area contributed by atoms with Crippen molar-refractivity contribution in [2.45, 2.75) is 66.2 Å². The lowest BCUT2D eigenvalue weighted by Gasteiger charge is -2.21. The lowest BCUT2D eigenvalue weighted by atomic mass is 9.86. The maximum absolute atomic E-state index is 5.12. The van der Waals surface area contributed by atoms with Gasteiger partial charge < -0.3 is 0 Å². The molecule has 0 spiro atoms. The Labute approximate surface area is 216 Å². The standard InChI is InChI=1S/C33H37N3/c1-22(34-28-19-13-11-17-26(28)32(3,4)5)30-21-24-15-9-10-16-25(24)31(36-30)23(2)35-29-20-14-12-18-27(29)33(6,7)8/h9-21H,1-8H3/b34-22+,35-23+. The first-order valence-electron chi connectivity index (χ1n) is 12.7. The molecule has 0 saturated heterocycles. The van der Waals surface area contributed by atoms with Gasteiger partial charge in [0.15, 0.2) is 0 Å². The summed E-state index contributed by atoms with van der Waals surface area (Å²) in [6, 6.07) is 27.3. The predicted octanol–water partition coefficient (Wildman–Crippen LogP) is 9.11. The topological polar surface area (TPSA) is 37.6 Å². The molecule has 0 bridgehead atoms. The molecule has 1 heterocycles. The highest BCUT2D eigenvalue weighted by Crippen LogP contribution is 2.33. The van der Waals surface area contributed by atoms with Crippen LogP contribution in [0.2, 0.25) is 0 Å². The van der Waals surface area contributed by atoms with Gasteiger partial charge in [0, 0.05) is 5.39 Å². The van der Waals surface area contributed by atoms with Gasteiger partial charge in [-0.15, -0.1) is 0 Å². The smallest absolute Gasteiger partial charge is 0.0928 e. The van der Waals surface area contributed by atoms with Crippen LogP contribution in [0.5, 0.6) is 0 Å². The third-order valence-electron chi connectivity index (χ3n) is 6.45. The molecule has 3 nitrogen and oxygen atoms in total. The van der Waals surface area contributed by atoms with E-state index in [9.17, 15) is 0 Å². The maximum atomic E-state index is 5.12. The summed E-state index contributed by atoms with van der Waals surface area (Å²) in [6.45, 7) is 17.4. The molecular formula is C33H37N3. The van der Waals surface area contributed by atoms with E-state index in [1.54, 1.807) is 0 Å². The highest BCUT2D eigenvalue weighted by Gasteiger charge is 2.19. The Morgan fingerprint density at radius 3 is 1.64 bits per heavy atom. The monoisotopic (exact) mass is 475 g/mol. The van der Waals surface area contributed by atoms with Crippen LogP contribution in [0.4, 0.5) is 11.4 Å². The van der Waals surface area contributed by atoms with E-state index >= 15 is 0 Å². The second kappa shape index (κ2) is 9.81. The molecule has 0 amide bonds. The molecule has 0 saturated carbocycles. The summed E-state index contributed by atoms with van der Waals surface area (Å²) in [4.78, 5) is 15.3. The molecule has 4 rings (SSSR count). The molecule has 36 heavy (non-hydrogen) atoms. The molecule has 0 unspecified atom stereocenters. The Kier molecular flexibility index (Phi) is 6.95. The zero-order valence-corrected chi connectivity index (χ0v) is 22.8. The van der Waals surface area contributed by atoms with Crippen molar-refractivity contribution in [2.75, 3.05) is 0 Å². The molecule has 0 aliphatic rings. The lowest BCUT2D eigenvalue weighted by Crippen LogP contribution is -2.12. The molecule has 0 aliphatic heterocycles. The molecule has 3 aromatic carbocycles. The van der Waals surface area contributed by atoms with Crippen molar-refractivity contribution in [1.82, 2.24) is 4.98 Å². The van der Waals surface area contributed by atoms with Gasteiger partial charge in [0.25, 0.3) is 0 Å². The Morgan fingerprint density at radius 2 is 1.08 bits per heavy atom. The number of rotatable bonds is 4. The average Bonchev–Trinajstić information content (AvgIpc) is 2.82. The average molecular weight is 476 g/mol. The largest absolute Gasteiger partial charge is 0.251 e. The zero-order valence-electron chi connectivity index (χ0n) is 22.8. The minimum atomic E-state index is 0.00140. The number of aliphatic imine (C=N–C) groups is 2. The number of pyridine rings is 1. The second-order valence-electron chi connectivity index (χ2n) is 11.5. The third-order valence-corrected chi connectivity index (χ3v) is 6.45. The van der Waals surface area contributed by atoms with Gasteiger partial charge in [0.2, 0.25) is 0 Å². The van der Waals surface area contributed by atoms with E-state index in [2.05, 4.69) is 115 Å². The molecule has 1 aromatic heterocycles. The number of hydrogen-bond donors (Lipinski definition) is 0. The van der Waals surface area contributed by atoms with Crippen molar-refractivity contribution < 1.29 is 0 Å². The van der Waals surface area contributed by atoms with Gasteiger partial charge >= 0.3 is 0 Å². The van der Waals surface area contributed by atoms with Gasteiger partial charge in [-0.25, -0.2) is 4.98 Å². The van der Waals surface area contributed by atoms with Crippen LogP contribution in [0.1, 0.15) is 77.9 Å². The van der Waals surface area contributed by atoms with Gasteiger partial charge in [-0.05, 0) is 59.4 Å². The van der Waals surface area contributed by atoms with Gasteiger partial charge in [-0.2, -0.15) is 0 Å².